The van der Waals surface area contributed by atoms with Crippen LogP contribution >= 0.6 is 11.8 Å². The first-order chi connectivity index (χ1) is 7.70. The molecule has 1 atom stereocenters. The van der Waals surface area contributed by atoms with E-state index in [2.05, 4.69) is 10.3 Å². The van der Waals surface area contributed by atoms with Crippen LogP contribution in [0.25, 0.3) is 0 Å². The van der Waals surface area contributed by atoms with Crippen LogP contribution in [-0.4, -0.2) is 24.4 Å². The van der Waals surface area contributed by atoms with Gasteiger partial charge in [-0.15, -0.1) is 11.8 Å². The van der Waals surface area contributed by atoms with Crippen molar-refractivity contribution in [2.75, 3.05) is 6.26 Å². The second-order valence-corrected chi connectivity index (χ2v) is 4.21. The van der Waals surface area contributed by atoms with Gasteiger partial charge in [0.25, 0.3) is 0 Å². The molecule has 0 fully saturated rings. The summed E-state index contributed by atoms with van der Waals surface area (Å²) in [4.78, 5) is 27.1. The molecule has 0 aromatic heterocycles. The highest BCUT2D eigenvalue weighted by Gasteiger charge is 2.24. The summed E-state index contributed by atoms with van der Waals surface area (Å²) < 4.78 is 0. The van der Waals surface area contributed by atoms with Crippen molar-refractivity contribution in [3.63, 3.8) is 0 Å². The van der Waals surface area contributed by atoms with E-state index in [0.29, 0.717) is 0 Å². The summed E-state index contributed by atoms with van der Waals surface area (Å²) in [5.41, 5.74) is 0.848. The van der Waals surface area contributed by atoms with Crippen LogP contribution in [0.5, 0.6) is 0 Å². The van der Waals surface area contributed by atoms with Gasteiger partial charge in [-0.1, -0.05) is 12.1 Å². The zero-order chi connectivity index (χ0) is 11.5. The van der Waals surface area contributed by atoms with Crippen LogP contribution < -0.4 is 5.32 Å². The van der Waals surface area contributed by atoms with E-state index in [1.807, 2.05) is 30.5 Å². The van der Waals surface area contributed by atoms with Crippen LogP contribution in [0.2, 0.25) is 0 Å². The van der Waals surface area contributed by atoms with Crippen LogP contribution in [0.15, 0.2) is 34.2 Å². The molecule has 0 saturated heterocycles. The van der Waals surface area contributed by atoms with Crippen molar-refractivity contribution >= 4 is 29.9 Å². The van der Waals surface area contributed by atoms with Gasteiger partial charge in [0.1, 0.15) is 0 Å². The van der Waals surface area contributed by atoms with Gasteiger partial charge in [-0.3, -0.25) is 10.1 Å². The molecule has 0 aliphatic carbocycles. The van der Waals surface area contributed by atoms with Gasteiger partial charge in [-0.25, -0.2) is 9.79 Å². The number of hydrogen-bond donors (Lipinski definition) is 1. The van der Waals surface area contributed by atoms with E-state index in [9.17, 15) is 9.59 Å². The number of urea groups is 1. The van der Waals surface area contributed by atoms with Crippen molar-refractivity contribution in [2.45, 2.75) is 10.8 Å². The van der Waals surface area contributed by atoms with Gasteiger partial charge < -0.3 is 0 Å². The Morgan fingerprint density at radius 1 is 1.38 bits per heavy atom. The Kier molecular flexibility index (Phi) is 3.05. The van der Waals surface area contributed by atoms with E-state index in [-0.39, 0.29) is 5.91 Å². The molecule has 1 aliphatic heterocycles. The topological polar surface area (TPSA) is 58.5 Å². The lowest BCUT2D eigenvalue weighted by Crippen LogP contribution is -2.37. The molecule has 1 aromatic carbocycles. The molecular weight excluding hydrogens is 224 g/mol. The molecule has 1 aromatic rings. The third-order valence-electron chi connectivity index (χ3n) is 2.31. The van der Waals surface area contributed by atoms with E-state index in [0.717, 1.165) is 10.5 Å². The van der Waals surface area contributed by atoms with E-state index in [1.54, 1.807) is 11.8 Å². The molecule has 0 saturated carbocycles. The molecule has 1 unspecified atom stereocenters. The molecule has 5 heteroatoms. The lowest BCUT2D eigenvalue weighted by molar-refractivity contribution is -0.120. The Morgan fingerprint density at radius 2 is 2.19 bits per heavy atom. The minimum absolute atomic E-state index is 0.321. The number of aliphatic imine (C=N–C) groups is 1. The number of thioether (sulfide) groups is 1. The third-order valence-corrected chi connectivity index (χ3v) is 3.03. The number of benzene rings is 1. The molecule has 3 amide bonds. The van der Waals surface area contributed by atoms with Gasteiger partial charge in [-0.05, 0) is 24.0 Å². The molecule has 1 heterocycles. The lowest BCUT2D eigenvalue weighted by atomic mass is 9.99. The van der Waals surface area contributed by atoms with Gasteiger partial charge in [0, 0.05) is 11.1 Å². The minimum Gasteiger partial charge on any atom is -0.275 e. The van der Waals surface area contributed by atoms with Crippen molar-refractivity contribution < 1.29 is 9.59 Å². The van der Waals surface area contributed by atoms with E-state index >= 15 is 0 Å². The molecule has 16 heavy (non-hydrogen) atoms. The van der Waals surface area contributed by atoms with Crippen molar-refractivity contribution in [3.05, 3.63) is 29.8 Å². The molecule has 82 valence electrons. The highest BCUT2D eigenvalue weighted by Crippen LogP contribution is 2.22. The Labute approximate surface area is 97.1 Å². The average Bonchev–Trinajstić information content (AvgIpc) is 2.29. The van der Waals surface area contributed by atoms with Gasteiger partial charge in [0.05, 0.1) is 5.92 Å². The number of nitrogens with one attached hydrogen (secondary N) is 1. The van der Waals surface area contributed by atoms with Gasteiger partial charge >= 0.3 is 6.03 Å². The number of amides is 3. The molecule has 0 radical (unpaired) electrons. The summed E-state index contributed by atoms with van der Waals surface area (Å²) in [6.45, 7) is 0. The van der Waals surface area contributed by atoms with Gasteiger partial charge in [0.2, 0.25) is 5.91 Å². The maximum atomic E-state index is 11.6. The second-order valence-electron chi connectivity index (χ2n) is 3.33. The minimum atomic E-state index is -0.595. The number of carbonyl (C=O) groups is 2. The number of imide groups is 1. The maximum Gasteiger partial charge on any atom is 0.347 e. The fraction of sp³-hybridized carbons (Fsp3) is 0.182. The molecule has 0 spiro atoms. The second kappa shape index (κ2) is 4.49. The normalized spacial score (nSPS) is 19.7. The summed E-state index contributed by atoms with van der Waals surface area (Å²) in [5.74, 6) is -0.789. The van der Waals surface area contributed by atoms with Crippen LogP contribution in [0, 0.1) is 0 Å². The Balaban J connectivity index is 2.33. The first kappa shape index (κ1) is 10.9. The van der Waals surface area contributed by atoms with Gasteiger partial charge in [0.15, 0.2) is 0 Å². The van der Waals surface area contributed by atoms with Crippen LogP contribution in [-0.2, 0) is 4.79 Å². The third kappa shape index (κ3) is 2.14. The molecule has 0 bridgehead atoms. The van der Waals surface area contributed by atoms with Crippen LogP contribution in [0.4, 0.5) is 4.79 Å². The fourth-order valence-corrected chi connectivity index (χ4v) is 1.97. The fourth-order valence-electron chi connectivity index (χ4n) is 1.50. The summed E-state index contributed by atoms with van der Waals surface area (Å²) >= 11 is 1.61. The first-order valence-electron chi connectivity index (χ1n) is 4.73. The molecule has 1 N–H and O–H groups in total. The number of hydrogen-bond acceptors (Lipinski definition) is 3. The number of nitrogens with zero attached hydrogens (tertiary/aromatic N) is 1. The summed E-state index contributed by atoms with van der Waals surface area (Å²) in [7, 11) is 0. The Morgan fingerprint density at radius 3 is 2.88 bits per heavy atom. The predicted molar refractivity (Wildman–Crippen MR) is 63.0 cm³/mol. The van der Waals surface area contributed by atoms with E-state index in [4.69, 9.17) is 0 Å². The Hall–Kier alpha value is -1.62. The van der Waals surface area contributed by atoms with Crippen molar-refractivity contribution in [2.24, 2.45) is 4.99 Å². The quantitative estimate of drug-likeness (QED) is 0.794. The zero-order valence-corrected chi connectivity index (χ0v) is 9.45. The van der Waals surface area contributed by atoms with E-state index < -0.39 is 11.9 Å². The largest absolute Gasteiger partial charge is 0.347 e. The summed E-state index contributed by atoms with van der Waals surface area (Å²) in [6, 6.07) is 7.04. The SMILES string of the molecule is CSc1cccc(C2C=NC(=O)NC2=O)c1. The lowest BCUT2D eigenvalue weighted by Gasteiger charge is -2.15. The first-order valence-corrected chi connectivity index (χ1v) is 5.96. The van der Waals surface area contributed by atoms with Crippen molar-refractivity contribution in [1.29, 1.82) is 0 Å². The summed E-state index contributed by atoms with van der Waals surface area (Å²) in [5, 5.41) is 2.18. The zero-order valence-electron chi connectivity index (χ0n) is 8.64. The van der Waals surface area contributed by atoms with E-state index in [1.165, 1.54) is 6.21 Å². The van der Waals surface area contributed by atoms with Crippen molar-refractivity contribution in [3.8, 4) is 0 Å². The van der Waals surface area contributed by atoms with Crippen LogP contribution in [0.3, 0.4) is 0 Å². The Bertz CT molecular complexity index is 471. The smallest absolute Gasteiger partial charge is 0.275 e. The van der Waals surface area contributed by atoms with Crippen LogP contribution in [0.1, 0.15) is 11.5 Å². The average molecular weight is 234 g/mol. The van der Waals surface area contributed by atoms with Gasteiger partial charge in [-0.2, -0.15) is 0 Å². The van der Waals surface area contributed by atoms with Crippen molar-refractivity contribution in [1.82, 2.24) is 5.32 Å². The standard InChI is InChI=1S/C11H10N2O2S/c1-16-8-4-2-3-7(5-8)9-6-12-11(15)13-10(9)14/h2-6,9H,1H3,(H,13,14,15). The molecular formula is C11H10N2O2S. The summed E-state index contributed by atoms with van der Waals surface area (Å²) in [6.07, 6.45) is 3.36. The highest BCUT2D eigenvalue weighted by molar-refractivity contribution is 7.98. The molecule has 2 rings (SSSR count). The predicted octanol–water partition coefficient (Wildman–Crippen LogP) is 1.81. The highest BCUT2D eigenvalue weighted by atomic mass is 32.2. The molecule has 1 aliphatic rings. The maximum absolute atomic E-state index is 11.6. The number of rotatable bonds is 2. The monoisotopic (exact) mass is 234 g/mol. The molecule has 4 nitrogen and oxygen atoms in total. The number of carbonyl (C=O) groups excluding carboxylic acids is 2.